The molecule has 0 bridgehead atoms. The van der Waals surface area contributed by atoms with Crippen molar-refractivity contribution in [3.05, 3.63) is 35.4 Å². The molecule has 0 radical (unpaired) electrons. The number of carbonyl (C=O) groups excluding carboxylic acids is 1. The maximum Gasteiger partial charge on any atom is 0.323 e. The van der Waals surface area contributed by atoms with Crippen LogP contribution in [0, 0.1) is 6.92 Å². The number of benzene rings is 1. The lowest BCUT2D eigenvalue weighted by Gasteiger charge is -2.27. The van der Waals surface area contributed by atoms with Gasteiger partial charge in [0.05, 0.1) is 0 Å². The molecule has 0 aliphatic heterocycles. The molecule has 0 atom stereocenters. The molecule has 2 rings (SSSR count). The van der Waals surface area contributed by atoms with Crippen molar-refractivity contribution in [1.29, 1.82) is 0 Å². The van der Waals surface area contributed by atoms with E-state index < -0.39 is 5.97 Å². The fourth-order valence-electron chi connectivity index (χ4n) is 2.59. The minimum Gasteiger partial charge on any atom is -0.480 e. The minimum absolute atomic E-state index is 0.0740. The van der Waals surface area contributed by atoms with Gasteiger partial charge in [-0.15, -0.1) is 0 Å². The molecular weight excluding hydrogens is 242 g/mol. The highest BCUT2D eigenvalue weighted by molar-refractivity contribution is 5.96. The van der Waals surface area contributed by atoms with Crippen LogP contribution in [0.5, 0.6) is 0 Å². The molecule has 1 aromatic carbocycles. The zero-order chi connectivity index (χ0) is 13.8. The molecule has 1 amide bonds. The summed E-state index contributed by atoms with van der Waals surface area (Å²) in [5.41, 5.74) is 1.65. The molecular formula is C15H19NO3. The Morgan fingerprint density at radius 3 is 2.32 bits per heavy atom. The van der Waals surface area contributed by atoms with Crippen molar-refractivity contribution < 1.29 is 14.7 Å². The monoisotopic (exact) mass is 261 g/mol. The second kappa shape index (κ2) is 5.87. The van der Waals surface area contributed by atoms with Crippen molar-refractivity contribution >= 4 is 11.9 Å². The average molecular weight is 261 g/mol. The van der Waals surface area contributed by atoms with Gasteiger partial charge in [-0.1, -0.05) is 30.5 Å². The average Bonchev–Trinajstić information content (AvgIpc) is 2.89. The van der Waals surface area contributed by atoms with Gasteiger partial charge in [0.25, 0.3) is 5.91 Å². The van der Waals surface area contributed by atoms with E-state index in [-0.39, 0.29) is 18.5 Å². The van der Waals surface area contributed by atoms with E-state index in [1.54, 1.807) is 12.1 Å². The van der Waals surface area contributed by atoms with Gasteiger partial charge >= 0.3 is 5.97 Å². The first-order chi connectivity index (χ1) is 9.08. The van der Waals surface area contributed by atoms with Crippen LogP contribution in [0.4, 0.5) is 0 Å². The van der Waals surface area contributed by atoms with Crippen molar-refractivity contribution in [2.24, 2.45) is 0 Å². The minimum atomic E-state index is -0.952. The van der Waals surface area contributed by atoms with Gasteiger partial charge in [-0.3, -0.25) is 9.59 Å². The number of rotatable bonds is 4. The Hall–Kier alpha value is -1.84. The highest BCUT2D eigenvalue weighted by atomic mass is 16.4. The molecule has 0 aromatic heterocycles. The predicted molar refractivity (Wildman–Crippen MR) is 72.1 cm³/mol. The van der Waals surface area contributed by atoms with E-state index in [1.165, 1.54) is 4.90 Å². The number of nitrogens with zero attached hydrogens (tertiary/aromatic N) is 1. The van der Waals surface area contributed by atoms with E-state index in [9.17, 15) is 9.59 Å². The number of carbonyl (C=O) groups is 2. The van der Waals surface area contributed by atoms with Crippen LogP contribution in [0.1, 0.15) is 41.6 Å². The van der Waals surface area contributed by atoms with Crippen molar-refractivity contribution in [3.8, 4) is 0 Å². The second-order valence-corrected chi connectivity index (χ2v) is 5.13. The molecule has 0 saturated heterocycles. The first-order valence-electron chi connectivity index (χ1n) is 6.67. The summed E-state index contributed by atoms with van der Waals surface area (Å²) in [6.07, 6.45) is 3.96. The van der Waals surface area contributed by atoms with Crippen molar-refractivity contribution in [1.82, 2.24) is 4.90 Å². The largest absolute Gasteiger partial charge is 0.480 e. The molecule has 1 aromatic rings. The number of amides is 1. The van der Waals surface area contributed by atoms with Crippen LogP contribution < -0.4 is 0 Å². The fraction of sp³-hybridized carbons (Fsp3) is 0.467. The summed E-state index contributed by atoms with van der Waals surface area (Å²) in [6.45, 7) is 1.75. The van der Waals surface area contributed by atoms with Crippen molar-refractivity contribution in [3.63, 3.8) is 0 Å². The highest BCUT2D eigenvalue weighted by Crippen LogP contribution is 2.24. The van der Waals surface area contributed by atoms with E-state index in [2.05, 4.69) is 0 Å². The third-order valence-corrected chi connectivity index (χ3v) is 3.63. The normalized spacial score (nSPS) is 15.4. The Kier molecular flexibility index (Phi) is 4.20. The first kappa shape index (κ1) is 13.6. The maximum atomic E-state index is 12.4. The summed E-state index contributed by atoms with van der Waals surface area (Å²) in [5.74, 6) is -1.12. The van der Waals surface area contributed by atoms with Gasteiger partial charge in [-0.25, -0.2) is 0 Å². The molecule has 4 nitrogen and oxygen atoms in total. The lowest BCUT2D eigenvalue weighted by molar-refractivity contribution is -0.138. The molecule has 1 N–H and O–H groups in total. The molecule has 102 valence electrons. The van der Waals surface area contributed by atoms with Crippen LogP contribution in [0.25, 0.3) is 0 Å². The van der Waals surface area contributed by atoms with Crippen LogP contribution in [0.15, 0.2) is 24.3 Å². The predicted octanol–water partition coefficient (Wildman–Crippen LogP) is 2.46. The van der Waals surface area contributed by atoms with Crippen LogP contribution in [0.3, 0.4) is 0 Å². The molecule has 1 saturated carbocycles. The Morgan fingerprint density at radius 2 is 1.79 bits per heavy atom. The standard InChI is InChI=1S/C15H19NO3/c1-11-6-8-12(9-7-11)15(19)16(10-14(17)18)13-4-2-3-5-13/h6-9,13H,2-5,10H2,1H3,(H,17,18). The first-order valence-corrected chi connectivity index (χ1v) is 6.67. The van der Waals surface area contributed by atoms with E-state index in [0.29, 0.717) is 5.56 Å². The summed E-state index contributed by atoms with van der Waals surface area (Å²) in [5, 5.41) is 8.99. The SMILES string of the molecule is Cc1ccc(C(=O)N(CC(=O)O)C2CCCC2)cc1. The van der Waals surface area contributed by atoms with Gasteiger partial charge in [0, 0.05) is 11.6 Å². The maximum absolute atomic E-state index is 12.4. The molecule has 19 heavy (non-hydrogen) atoms. The van der Waals surface area contributed by atoms with Crippen LogP contribution >= 0.6 is 0 Å². The number of hydrogen-bond donors (Lipinski definition) is 1. The van der Waals surface area contributed by atoms with Gasteiger partial charge in [0.1, 0.15) is 6.54 Å². The molecule has 1 fully saturated rings. The van der Waals surface area contributed by atoms with Crippen LogP contribution in [0.2, 0.25) is 0 Å². The van der Waals surface area contributed by atoms with Crippen molar-refractivity contribution in [2.45, 2.75) is 38.6 Å². The number of aryl methyl sites for hydroxylation is 1. The van der Waals surface area contributed by atoms with E-state index >= 15 is 0 Å². The molecule has 0 unspecified atom stereocenters. The summed E-state index contributed by atoms with van der Waals surface area (Å²) in [4.78, 5) is 24.9. The number of hydrogen-bond acceptors (Lipinski definition) is 2. The number of carboxylic acid groups (broad SMARTS) is 1. The van der Waals surface area contributed by atoms with Gasteiger partial charge in [0.15, 0.2) is 0 Å². The van der Waals surface area contributed by atoms with Crippen LogP contribution in [-0.4, -0.2) is 34.5 Å². The Labute approximate surface area is 113 Å². The molecule has 1 aliphatic rings. The summed E-state index contributed by atoms with van der Waals surface area (Å²) < 4.78 is 0. The topological polar surface area (TPSA) is 57.6 Å². The Bertz CT molecular complexity index is 461. The molecule has 4 heteroatoms. The van der Waals surface area contributed by atoms with Gasteiger partial charge < -0.3 is 10.0 Å². The van der Waals surface area contributed by atoms with Gasteiger partial charge in [-0.2, -0.15) is 0 Å². The van der Waals surface area contributed by atoms with Gasteiger partial charge in [-0.05, 0) is 31.9 Å². The zero-order valence-corrected chi connectivity index (χ0v) is 11.1. The zero-order valence-electron chi connectivity index (χ0n) is 11.1. The Balaban J connectivity index is 2.18. The summed E-state index contributed by atoms with van der Waals surface area (Å²) >= 11 is 0. The van der Waals surface area contributed by atoms with E-state index in [0.717, 1.165) is 31.2 Å². The molecule has 1 aliphatic carbocycles. The lowest BCUT2D eigenvalue weighted by atomic mass is 10.1. The number of carboxylic acids is 1. The summed E-state index contributed by atoms with van der Waals surface area (Å²) in [6, 6.07) is 7.36. The third-order valence-electron chi connectivity index (χ3n) is 3.63. The van der Waals surface area contributed by atoms with Crippen LogP contribution in [-0.2, 0) is 4.79 Å². The molecule has 0 heterocycles. The third kappa shape index (κ3) is 3.34. The lowest BCUT2D eigenvalue weighted by Crippen LogP contribution is -2.42. The molecule has 0 spiro atoms. The Morgan fingerprint density at radius 1 is 1.21 bits per heavy atom. The highest BCUT2D eigenvalue weighted by Gasteiger charge is 2.28. The number of aliphatic carboxylic acids is 1. The van der Waals surface area contributed by atoms with Crippen molar-refractivity contribution in [2.75, 3.05) is 6.54 Å². The quantitative estimate of drug-likeness (QED) is 0.905. The fourth-order valence-corrected chi connectivity index (χ4v) is 2.59. The van der Waals surface area contributed by atoms with E-state index in [1.807, 2.05) is 19.1 Å². The summed E-state index contributed by atoms with van der Waals surface area (Å²) in [7, 11) is 0. The van der Waals surface area contributed by atoms with E-state index in [4.69, 9.17) is 5.11 Å². The smallest absolute Gasteiger partial charge is 0.323 e. The second-order valence-electron chi connectivity index (χ2n) is 5.13. The van der Waals surface area contributed by atoms with Gasteiger partial charge in [0.2, 0.25) is 0 Å².